The average Bonchev–Trinajstić information content (AvgIpc) is 2.57. The fraction of sp³-hybridized carbons (Fsp3) is 0.105. The molecule has 0 bridgehead atoms. The molecule has 124 valence electrons. The Morgan fingerprint density at radius 1 is 1.17 bits per heavy atom. The third kappa shape index (κ3) is 5.98. The van der Waals surface area contributed by atoms with Gasteiger partial charge in [-0.3, -0.25) is 0 Å². The molecule has 5 heteroatoms. The molecule has 0 aromatic heterocycles. The van der Waals surface area contributed by atoms with Crippen molar-refractivity contribution < 1.29 is 14.3 Å². The zero-order valence-corrected chi connectivity index (χ0v) is 16.0. The Labute approximate surface area is 158 Å². The van der Waals surface area contributed by atoms with Crippen LogP contribution in [0, 0.1) is 0 Å². The maximum Gasteiger partial charge on any atom is 0.331 e. The van der Waals surface area contributed by atoms with E-state index in [1.807, 2.05) is 42.5 Å². The highest BCUT2D eigenvalue weighted by Gasteiger charge is 2.03. The number of halogens is 2. The lowest BCUT2D eigenvalue weighted by Crippen LogP contribution is -1.99. The van der Waals surface area contributed by atoms with Crippen LogP contribution in [0.25, 0.3) is 6.08 Å². The highest BCUT2D eigenvalue weighted by Crippen LogP contribution is 2.27. The van der Waals surface area contributed by atoms with E-state index in [1.54, 1.807) is 6.08 Å². The highest BCUT2D eigenvalue weighted by molar-refractivity contribution is 9.10. The lowest BCUT2D eigenvalue weighted by atomic mass is 10.2. The summed E-state index contributed by atoms with van der Waals surface area (Å²) in [6.07, 6.45) is 4.60. The van der Waals surface area contributed by atoms with Gasteiger partial charge in [0.1, 0.15) is 19.0 Å². The zero-order chi connectivity index (χ0) is 17.4. The van der Waals surface area contributed by atoms with Crippen LogP contribution in [0.5, 0.6) is 5.75 Å². The summed E-state index contributed by atoms with van der Waals surface area (Å²) in [6, 6.07) is 13.6. The fourth-order valence-electron chi connectivity index (χ4n) is 1.88. The smallest absolute Gasteiger partial charge is 0.331 e. The normalized spacial score (nSPS) is 10.6. The zero-order valence-electron chi connectivity index (χ0n) is 12.9. The van der Waals surface area contributed by atoms with Crippen LogP contribution in [-0.2, 0) is 16.1 Å². The number of ether oxygens (including phenoxy) is 2. The summed E-state index contributed by atoms with van der Waals surface area (Å²) in [5.41, 5.74) is 1.94. The molecule has 0 N–H and O–H groups in total. The van der Waals surface area contributed by atoms with Crippen molar-refractivity contribution in [3.8, 4) is 5.75 Å². The molecule has 2 aromatic rings. The lowest BCUT2D eigenvalue weighted by Gasteiger charge is -2.09. The van der Waals surface area contributed by atoms with Crippen LogP contribution in [0.15, 0.2) is 70.1 Å². The van der Waals surface area contributed by atoms with Gasteiger partial charge in [0.05, 0.1) is 4.47 Å². The summed E-state index contributed by atoms with van der Waals surface area (Å²) in [5.74, 6) is 0.336. The highest BCUT2D eigenvalue weighted by atomic mass is 79.9. The van der Waals surface area contributed by atoms with Crippen molar-refractivity contribution in [2.45, 2.75) is 6.61 Å². The number of hydrogen-bond donors (Lipinski definition) is 0. The van der Waals surface area contributed by atoms with Gasteiger partial charge >= 0.3 is 5.97 Å². The number of rotatable bonds is 7. The van der Waals surface area contributed by atoms with Gasteiger partial charge in [-0.1, -0.05) is 46.8 Å². The molecular formula is C19H16Br2O3. The quantitative estimate of drug-likeness (QED) is 0.315. The maximum absolute atomic E-state index is 11.4. The molecule has 0 aliphatic carbocycles. The maximum atomic E-state index is 11.4. The van der Waals surface area contributed by atoms with Gasteiger partial charge in [-0.2, -0.15) is 0 Å². The van der Waals surface area contributed by atoms with E-state index in [0.717, 1.165) is 25.8 Å². The Balaban J connectivity index is 1.97. The summed E-state index contributed by atoms with van der Waals surface area (Å²) >= 11 is 6.93. The molecule has 0 atom stereocenters. The second kappa shape index (κ2) is 9.45. The Bertz CT molecular complexity index is 754. The largest absolute Gasteiger partial charge is 0.488 e. The van der Waals surface area contributed by atoms with E-state index in [0.29, 0.717) is 6.61 Å². The average molecular weight is 452 g/mol. The molecule has 0 aliphatic rings. The van der Waals surface area contributed by atoms with E-state index in [9.17, 15) is 4.79 Å². The molecule has 0 fully saturated rings. The fourth-order valence-corrected chi connectivity index (χ4v) is 2.84. The van der Waals surface area contributed by atoms with Gasteiger partial charge in [0.25, 0.3) is 0 Å². The molecule has 0 spiro atoms. The predicted octanol–water partition coefficient (Wildman–Crippen LogP) is 5.53. The van der Waals surface area contributed by atoms with E-state index in [-0.39, 0.29) is 6.61 Å². The van der Waals surface area contributed by atoms with Crippen LogP contribution in [0.3, 0.4) is 0 Å². The minimum Gasteiger partial charge on any atom is -0.488 e. The molecule has 24 heavy (non-hydrogen) atoms. The first-order valence-corrected chi connectivity index (χ1v) is 8.79. The van der Waals surface area contributed by atoms with Gasteiger partial charge in [-0.05, 0) is 57.4 Å². The SMILES string of the molecule is C=CCOC(=O)/C=C/c1ccc(OCc2cccc(Br)c2)c(Br)c1. The van der Waals surface area contributed by atoms with Gasteiger partial charge < -0.3 is 9.47 Å². The van der Waals surface area contributed by atoms with Crippen LogP contribution in [-0.4, -0.2) is 12.6 Å². The molecule has 2 rings (SSSR count). The number of esters is 1. The topological polar surface area (TPSA) is 35.5 Å². The van der Waals surface area contributed by atoms with Crippen LogP contribution < -0.4 is 4.74 Å². The summed E-state index contributed by atoms with van der Waals surface area (Å²) in [7, 11) is 0. The first kappa shape index (κ1) is 18.5. The van der Waals surface area contributed by atoms with Crippen molar-refractivity contribution in [3.05, 3.63) is 81.3 Å². The van der Waals surface area contributed by atoms with Gasteiger partial charge in [0, 0.05) is 10.5 Å². The summed E-state index contributed by atoms with van der Waals surface area (Å²) < 4.78 is 12.5. The summed E-state index contributed by atoms with van der Waals surface area (Å²) in [5, 5.41) is 0. The summed E-state index contributed by atoms with van der Waals surface area (Å²) in [4.78, 5) is 11.4. The van der Waals surface area contributed by atoms with Crippen LogP contribution in [0.4, 0.5) is 0 Å². The van der Waals surface area contributed by atoms with E-state index < -0.39 is 5.97 Å². The van der Waals surface area contributed by atoms with Crippen molar-refractivity contribution in [3.63, 3.8) is 0 Å². The van der Waals surface area contributed by atoms with Gasteiger partial charge in [-0.15, -0.1) is 0 Å². The Morgan fingerprint density at radius 2 is 2.00 bits per heavy atom. The van der Waals surface area contributed by atoms with Crippen LogP contribution >= 0.6 is 31.9 Å². The lowest BCUT2D eigenvalue weighted by molar-refractivity contribution is -0.136. The monoisotopic (exact) mass is 450 g/mol. The van der Waals surface area contributed by atoms with E-state index in [2.05, 4.69) is 38.4 Å². The Hall–Kier alpha value is -1.85. The molecule has 0 saturated heterocycles. The molecule has 0 saturated carbocycles. The van der Waals surface area contributed by atoms with Gasteiger partial charge in [-0.25, -0.2) is 4.79 Å². The molecule has 0 aliphatic heterocycles. The second-order valence-corrected chi connectivity index (χ2v) is 6.63. The van der Waals surface area contributed by atoms with E-state index in [4.69, 9.17) is 9.47 Å². The molecule has 0 amide bonds. The molecule has 2 aromatic carbocycles. The summed E-state index contributed by atoms with van der Waals surface area (Å²) in [6.45, 7) is 4.17. The van der Waals surface area contributed by atoms with E-state index in [1.165, 1.54) is 12.2 Å². The van der Waals surface area contributed by atoms with Crippen molar-refractivity contribution in [1.82, 2.24) is 0 Å². The van der Waals surface area contributed by atoms with Crippen molar-refractivity contribution in [1.29, 1.82) is 0 Å². The first-order chi connectivity index (χ1) is 11.6. The van der Waals surface area contributed by atoms with Crippen LogP contribution in [0.2, 0.25) is 0 Å². The molecule has 3 nitrogen and oxygen atoms in total. The number of carbonyl (C=O) groups is 1. The first-order valence-electron chi connectivity index (χ1n) is 7.21. The van der Waals surface area contributed by atoms with Crippen LogP contribution in [0.1, 0.15) is 11.1 Å². The van der Waals surface area contributed by atoms with Crippen molar-refractivity contribution >= 4 is 43.9 Å². The Morgan fingerprint density at radius 3 is 2.71 bits per heavy atom. The van der Waals surface area contributed by atoms with Gasteiger partial charge in [0.15, 0.2) is 0 Å². The number of benzene rings is 2. The van der Waals surface area contributed by atoms with Crippen molar-refractivity contribution in [2.24, 2.45) is 0 Å². The van der Waals surface area contributed by atoms with Crippen molar-refractivity contribution in [2.75, 3.05) is 6.61 Å². The third-order valence-electron chi connectivity index (χ3n) is 2.99. The number of carbonyl (C=O) groups excluding carboxylic acids is 1. The standard InChI is InChI=1S/C19H16Br2O3/c1-2-10-23-19(22)9-7-14-6-8-18(17(21)12-14)24-13-15-4-3-5-16(20)11-15/h2-9,11-12H,1,10,13H2/b9-7+. The molecule has 0 heterocycles. The minimum atomic E-state index is -0.402. The molecular weight excluding hydrogens is 436 g/mol. The molecule has 0 unspecified atom stereocenters. The molecule has 0 radical (unpaired) electrons. The Kier molecular flexibility index (Phi) is 7.28. The van der Waals surface area contributed by atoms with E-state index >= 15 is 0 Å². The second-order valence-electron chi connectivity index (χ2n) is 4.86. The predicted molar refractivity (Wildman–Crippen MR) is 103 cm³/mol. The van der Waals surface area contributed by atoms with Gasteiger partial charge in [0.2, 0.25) is 0 Å². The third-order valence-corrected chi connectivity index (χ3v) is 4.11. The number of hydrogen-bond acceptors (Lipinski definition) is 3. The minimum absolute atomic E-state index is 0.204.